The van der Waals surface area contributed by atoms with Crippen molar-refractivity contribution in [2.24, 2.45) is 7.05 Å². The Morgan fingerprint density at radius 1 is 1.33 bits per heavy atom. The van der Waals surface area contributed by atoms with Crippen LogP contribution in [-0.4, -0.2) is 44.1 Å². The summed E-state index contributed by atoms with van der Waals surface area (Å²) in [5.41, 5.74) is 2.66. The highest BCUT2D eigenvalue weighted by Gasteiger charge is 2.27. The molecule has 1 aliphatic rings. The number of nitrogens with zero attached hydrogens (tertiary/aromatic N) is 4. The van der Waals surface area contributed by atoms with Crippen molar-refractivity contribution in [1.29, 1.82) is 0 Å². The maximum atomic E-state index is 12.8. The normalized spacial score (nSPS) is 12.9. The van der Waals surface area contributed by atoms with Crippen molar-refractivity contribution in [3.8, 4) is 0 Å². The number of aryl methyl sites for hydroxylation is 2. The summed E-state index contributed by atoms with van der Waals surface area (Å²) >= 11 is 2.80. The summed E-state index contributed by atoms with van der Waals surface area (Å²) in [6, 6.07) is 4.04. The van der Waals surface area contributed by atoms with Gasteiger partial charge in [-0.25, -0.2) is 4.79 Å². The van der Waals surface area contributed by atoms with Crippen LogP contribution in [0.25, 0.3) is 0 Å². The van der Waals surface area contributed by atoms with Crippen LogP contribution in [0.5, 0.6) is 0 Å². The third kappa shape index (κ3) is 5.06. The number of thiophene rings is 1. The van der Waals surface area contributed by atoms with Gasteiger partial charge in [0, 0.05) is 36.8 Å². The van der Waals surface area contributed by atoms with Crippen LogP contribution in [0.3, 0.4) is 0 Å². The number of ether oxygens (including phenoxy) is 1. The van der Waals surface area contributed by atoms with Crippen molar-refractivity contribution in [2.75, 3.05) is 18.2 Å². The van der Waals surface area contributed by atoms with Crippen molar-refractivity contribution in [3.05, 3.63) is 58.5 Å². The van der Waals surface area contributed by atoms with Gasteiger partial charge >= 0.3 is 5.97 Å². The van der Waals surface area contributed by atoms with Gasteiger partial charge in [-0.1, -0.05) is 17.8 Å². The van der Waals surface area contributed by atoms with E-state index in [0.29, 0.717) is 28.7 Å². The summed E-state index contributed by atoms with van der Waals surface area (Å²) in [6.45, 7) is 4.39. The molecule has 0 fully saturated rings. The Balaban J connectivity index is 1.46. The van der Waals surface area contributed by atoms with Gasteiger partial charge in [0.1, 0.15) is 10.8 Å². The Morgan fingerprint density at radius 3 is 2.88 bits per heavy atom. The zero-order valence-electron chi connectivity index (χ0n) is 18.8. The van der Waals surface area contributed by atoms with Crippen molar-refractivity contribution < 1.29 is 14.3 Å². The highest BCUT2D eigenvalue weighted by atomic mass is 32.2. The minimum Gasteiger partial charge on any atom is -0.465 e. The fourth-order valence-corrected chi connectivity index (χ4v) is 6.04. The van der Waals surface area contributed by atoms with Crippen LogP contribution < -0.4 is 5.32 Å². The molecule has 0 bridgehead atoms. The number of anilines is 1. The molecule has 3 aromatic heterocycles. The van der Waals surface area contributed by atoms with E-state index in [-0.39, 0.29) is 11.7 Å². The van der Waals surface area contributed by atoms with E-state index < -0.39 is 5.97 Å². The number of hydrogen-bond acceptors (Lipinski definition) is 7. The number of methoxy groups -OCH3 is 1. The molecule has 8 nitrogen and oxygen atoms in total. The number of nitrogens with one attached hydrogen (secondary N) is 1. The van der Waals surface area contributed by atoms with Gasteiger partial charge in [0.25, 0.3) is 0 Å². The molecule has 4 rings (SSSR count). The van der Waals surface area contributed by atoms with Crippen LogP contribution >= 0.6 is 23.1 Å². The molecule has 0 radical (unpaired) electrons. The van der Waals surface area contributed by atoms with Crippen molar-refractivity contribution in [3.63, 3.8) is 0 Å². The lowest BCUT2D eigenvalue weighted by molar-refractivity contribution is -0.113. The average molecular weight is 486 g/mol. The summed E-state index contributed by atoms with van der Waals surface area (Å²) in [4.78, 5) is 26.3. The van der Waals surface area contributed by atoms with Crippen molar-refractivity contribution >= 4 is 40.0 Å². The molecule has 33 heavy (non-hydrogen) atoms. The first kappa shape index (κ1) is 23.3. The minimum absolute atomic E-state index is 0.155. The quantitative estimate of drug-likeness (QED) is 0.281. The van der Waals surface area contributed by atoms with Gasteiger partial charge in [0.2, 0.25) is 5.91 Å². The number of esters is 1. The van der Waals surface area contributed by atoms with Crippen molar-refractivity contribution in [1.82, 2.24) is 19.3 Å². The van der Waals surface area contributed by atoms with E-state index in [1.807, 2.05) is 34.5 Å². The van der Waals surface area contributed by atoms with Gasteiger partial charge in [0.15, 0.2) is 5.16 Å². The number of aromatic nitrogens is 4. The smallest absolute Gasteiger partial charge is 0.341 e. The van der Waals surface area contributed by atoms with E-state index in [2.05, 4.69) is 22.1 Å². The summed E-state index contributed by atoms with van der Waals surface area (Å²) < 4.78 is 9.01. The Labute approximate surface area is 201 Å². The van der Waals surface area contributed by atoms with E-state index in [9.17, 15) is 9.59 Å². The third-order valence-corrected chi connectivity index (χ3v) is 7.82. The molecule has 1 N–H and O–H groups in total. The molecule has 0 atom stereocenters. The SMILES string of the molecule is C=CCn1c(Cc2cccn2C)nnc1SCC(=O)Nc1sc2c(c1C(=O)OC)CCCC2. The number of thioether (sulfide) groups is 1. The number of hydrogen-bond donors (Lipinski definition) is 1. The number of amides is 1. The lowest BCUT2D eigenvalue weighted by Gasteiger charge is -2.11. The second-order valence-electron chi connectivity index (χ2n) is 7.83. The average Bonchev–Trinajstić information content (AvgIpc) is 3.50. The first-order valence-electron chi connectivity index (χ1n) is 10.8. The predicted molar refractivity (Wildman–Crippen MR) is 130 cm³/mol. The number of rotatable bonds is 9. The van der Waals surface area contributed by atoms with Gasteiger partial charge in [-0.2, -0.15) is 0 Å². The molecule has 10 heteroatoms. The number of carbonyl (C=O) groups is 2. The minimum atomic E-state index is -0.395. The first-order chi connectivity index (χ1) is 16.0. The van der Waals surface area contributed by atoms with Crippen LogP contribution in [0.15, 0.2) is 36.1 Å². The van der Waals surface area contributed by atoms with Gasteiger partial charge in [0.05, 0.1) is 18.4 Å². The fourth-order valence-electron chi connectivity index (χ4n) is 3.98. The van der Waals surface area contributed by atoms with Crippen LogP contribution in [0.1, 0.15) is 45.2 Å². The molecule has 1 amide bonds. The van der Waals surface area contributed by atoms with Gasteiger partial charge in [-0.15, -0.1) is 28.1 Å². The molecule has 3 heterocycles. The Morgan fingerprint density at radius 2 is 2.15 bits per heavy atom. The highest BCUT2D eigenvalue weighted by Crippen LogP contribution is 2.38. The lowest BCUT2D eigenvalue weighted by atomic mass is 9.95. The number of fused-ring (bicyclic) bond motifs is 1. The van der Waals surface area contributed by atoms with Crippen LogP contribution in [0, 0.1) is 0 Å². The van der Waals surface area contributed by atoms with Crippen LogP contribution in [0.4, 0.5) is 5.00 Å². The van der Waals surface area contributed by atoms with Gasteiger partial charge < -0.3 is 19.2 Å². The fraction of sp³-hybridized carbons (Fsp3) is 0.391. The maximum absolute atomic E-state index is 12.8. The second-order valence-corrected chi connectivity index (χ2v) is 9.88. The Kier molecular flexibility index (Phi) is 7.34. The van der Waals surface area contributed by atoms with E-state index >= 15 is 0 Å². The summed E-state index contributed by atoms with van der Waals surface area (Å²) in [5, 5.41) is 12.8. The molecular weight excluding hydrogens is 458 g/mol. The van der Waals surface area contributed by atoms with E-state index in [4.69, 9.17) is 4.74 Å². The molecule has 0 aliphatic heterocycles. The van der Waals surface area contributed by atoms with Gasteiger partial charge in [-0.05, 0) is 43.4 Å². The molecule has 1 aliphatic carbocycles. The van der Waals surface area contributed by atoms with E-state index in [0.717, 1.165) is 42.8 Å². The first-order valence-corrected chi connectivity index (χ1v) is 12.6. The summed E-state index contributed by atoms with van der Waals surface area (Å²) in [7, 11) is 3.37. The molecular formula is C23H27N5O3S2. The largest absolute Gasteiger partial charge is 0.465 e. The number of carbonyl (C=O) groups excluding carboxylic acids is 2. The molecule has 0 unspecified atom stereocenters. The summed E-state index contributed by atoms with van der Waals surface area (Å²) in [6.07, 6.45) is 8.34. The zero-order chi connectivity index (χ0) is 23.4. The van der Waals surface area contributed by atoms with E-state index in [1.54, 1.807) is 6.08 Å². The lowest BCUT2D eigenvalue weighted by Crippen LogP contribution is -2.17. The van der Waals surface area contributed by atoms with Crippen LogP contribution in [-0.2, 0) is 42.4 Å². The van der Waals surface area contributed by atoms with Crippen molar-refractivity contribution in [2.45, 2.75) is 43.8 Å². The molecule has 0 spiro atoms. The standard InChI is InChI=1S/C23H27N5O3S2/c1-4-11-28-18(13-15-8-7-12-27(15)2)25-26-23(28)32-14-19(29)24-21-20(22(30)31-3)16-9-5-6-10-17(16)33-21/h4,7-8,12H,1,5-6,9-11,13-14H2,2-3H3,(H,24,29). The third-order valence-electron chi connectivity index (χ3n) is 5.64. The monoisotopic (exact) mass is 485 g/mol. The molecule has 0 saturated heterocycles. The predicted octanol–water partition coefficient (Wildman–Crippen LogP) is 3.85. The van der Waals surface area contributed by atoms with E-state index in [1.165, 1.54) is 35.1 Å². The topological polar surface area (TPSA) is 91.0 Å². The molecule has 0 aromatic carbocycles. The zero-order valence-corrected chi connectivity index (χ0v) is 20.4. The molecule has 174 valence electrons. The Bertz CT molecular complexity index is 1180. The van der Waals surface area contributed by atoms with Crippen LogP contribution in [0.2, 0.25) is 0 Å². The second kappa shape index (κ2) is 10.4. The number of allylic oxidation sites excluding steroid dienone is 1. The summed E-state index contributed by atoms with van der Waals surface area (Å²) in [5.74, 6) is 0.385. The van der Waals surface area contributed by atoms with Gasteiger partial charge in [-0.3, -0.25) is 4.79 Å². The maximum Gasteiger partial charge on any atom is 0.341 e. The Hall–Kier alpha value is -2.85. The molecule has 0 saturated carbocycles. The molecule has 3 aromatic rings. The highest BCUT2D eigenvalue weighted by molar-refractivity contribution is 7.99.